The van der Waals surface area contributed by atoms with E-state index in [1.54, 1.807) is 0 Å². The van der Waals surface area contributed by atoms with Crippen molar-refractivity contribution in [2.45, 2.75) is 39.7 Å². The van der Waals surface area contributed by atoms with Crippen molar-refractivity contribution in [3.05, 3.63) is 21.9 Å². The second kappa shape index (κ2) is 5.98. The maximum atomic E-state index is 3.66. The lowest BCUT2D eigenvalue weighted by molar-refractivity contribution is 0.186. The van der Waals surface area contributed by atoms with Gasteiger partial charge in [0, 0.05) is 22.8 Å². The molecule has 2 N–H and O–H groups in total. The number of thiophene rings is 1. The lowest BCUT2D eigenvalue weighted by Crippen LogP contribution is -2.42. The van der Waals surface area contributed by atoms with Crippen molar-refractivity contribution in [2.75, 3.05) is 19.6 Å². The second-order valence-corrected chi connectivity index (χ2v) is 6.59. The number of rotatable bonds is 5. The molecule has 1 fully saturated rings. The van der Waals surface area contributed by atoms with E-state index >= 15 is 0 Å². The van der Waals surface area contributed by atoms with E-state index in [-0.39, 0.29) is 0 Å². The molecule has 17 heavy (non-hydrogen) atoms. The summed E-state index contributed by atoms with van der Waals surface area (Å²) in [5.41, 5.74) is 0.539. The summed E-state index contributed by atoms with van der Waals surface area (Å²) in [4.78, 5) is 2.87. The van der Waals surface area contributed by atoms with Crippen molar-refractivity contribution >= 4 is 11.3 Å². The molecule has 0 saturated carbocycles. The van der Waals surface area contributed by atoms with Crippen LogP contribution in [0.5, 0.6) is 0 Å². The van der Waals surface area contributed by atoms with Gasteiger partial charge in [0.15, 0.2) is 0 Å². The summed E-state index contributed by atoms with van der Waals surface area (Å²) in [6, 6.07) is 4.45. The van der Waals surface area contributed by atoms with Crippen LogP contribution >= 0.6 is 11.3 Å². The van der Waals surface area contributed by atoms with Crippen molar-refractivity contribution in [1.82, 2.24) is 10.6 Å². The molecule has 0 amide bonds. The average Bonchev–Trinajstić information content (AvgIpc) is 2.76. The predicted molar refractivity (Wildman–Crippen MR) is 75.6 cm³/mol. The van der Waals surface area contributed by atoms with Crippen LogP contribution in [0.2, 0.25) is 0 Å². The molecule has 0 atom stereocenters. The molecule has 0 aromatic carbocycles. The molecule has 0 radical (unpaired) electrons. The summed E-state index contributed by atoms with van der Waals surface area (Å²) >= 11 is 1.91. The van der Waals surface area contributed by atoms with Crippen molar-refractivity contribution in [3.63, 3.8) is 0 Å². The highest BCUT2D eigenvalue weighted by Gasteiger charge is 2.29. The number of hydrogen-bond donors (Lipinski definition) is 2. The van der Waals surface area contributed by atoms with Crippen LogP contribution in [0, 0.1) is 12.3 Å². The normalized spacial score (nSPS) is 19.4. The third-order valence-corrected chi connectivity index (χ3v) is 5.01. The van der Waals surface area contributed by atoms with E-state index in [4.69, 9.17) is 0 Å². The van der Waals surface area contributed by atoms with Gasteiger partial charge in [0.05, 0.1) is 0 Å². The zero-order valence-corrected chi connectivity index (χ0v) is 11.8. The first kappa shape index (κ1) is 13.1. The minimum atomic E-state index is 0.539. The highest BCUT2D eigenvalue weighted by Crippen LogP contribution is 2.31. The van der Waals surface area contributed by atoms with Crippen LogP contribution < -0.4 is 10.6 Å². The van der Waals surface area contributed by atoms with Crippen LogP contribution in [0.25, 0.3) is 0 Å². The van der Waals surface area contributed by atoms with Gasteiger partial charge in [-0.2, -0.15) is 0 Å². The van der Waals surface area contributed by atoms with Crippen LogP contribution in [0.1, 0.15) is 35.9 Å². The highest BCUT2D eigenvalue weighted by atomic mass is 32.1. The second-order valence-electron chi connectivity index (χ2n) is 5.22. The summed E-state index contributed by atoms with van der Waals surface area (Å²) in [5.74, 6) is 0. The summed E-state index contributed by atoms with van der Waals surface area (Å²) in [7, 11) is 0. The van der Waals surface area contributed by atoms with Crippen LogP contribution in [-0.4, -0.2) is 19.6 Å². The molecule has 1 aromatic rings. The van der Waals surface area contributed by atoms with Crippen molar-refractivity contribution < 1.29 is 0 Å². The maximum absolute atomic E-state index is 3.66. The Morgan fingerprint density at radius 1 is 1.35 bits per heavy atom. The van der Waals surface area contributed by atoms with Crippen molar-refractivity contribution in [1.29, 1.82) is 0 Å². The molecular formula is C14H24N2S. The van der Waals surface area contributed by atoms with Crippen LogP contribution in [-0.2, 0) is 6.54 Å². The smallest absolute Gasteiger partial charge is 0.0300 e. The number of hydrogen-bond acceptors (Lipinski definition) is 3. The number of nitrogens with one attached hydrogen (secondary N) is 2. The molecular weight excluding hydrogens is 228 g/mol. The van der Waals surface area contributed by atoms with Gasteiger partial charge in [-0.3, -0.25) is 0 Å². The third kappa shape index (κ3) is 3.54. The molecule has 1 aliphatic rings. The molecule has 3 heteroatoms. The molecule has 96 valence electrons. The monoisotopic (exact) mass is 252 g/mol. The Morgan fingerprint density at radius 2 is 2.12 bits per heavy atom. The topological polar surface area (TPSA) is 24.1 Å². The minimum absolute atomic E-state index is 0.539. The first-order chi connectivity index (χ1) is 8.24. The highest BCUT2D eigenvalue weighted by molar-refractivity contribution is 7.11. The van der Waals surface area contributed by atoms with Gasteiger partial charge in [-0.25, -0.2) is 0 Å². The Labute approximate surface area is 109 Å². The van der Waals surface area contributed by atoms with Crippen LogP contribution in [0.4, 0.5) is 0 Å². The van der Waals surface area contributed by atoms with Crippen molar-refractivity contribution in [2.24, 2.45) is 5.41 Å². The molecule has 2 rings (SSSR count). The zero-order chi connectivity index (χ0) is 12.1. The van der Waals surface area contributed by atoms with E-state index in [2.05, 4.69) is 36.6 Å². The van der Waals surface area contributed by atoms with E-state index in [0.29, 0.717) is 5.41 Å². The van der Waals surface area contributed by atoms with Gasteiger partial charge in [-0.15, -0.1) is 11.3 Å². The molecule has 0 aliphatic carbocycles. The molecule has 1 aliphatic heterocycles. The molecule has 0 bridgehead atoms. The predicted octanol–water partition coefficient (Wildman–Crippen LogP) is 2.93. The Morgan fingerprint density at radius 3 is 2.71 bits per heavy atom. The molecule has 1 aromatic heterocycles. The molecule has 2 heterocycles. The van der Waals surface area contributed by atoms with Gasteiger partial charge in [-0.05, 0) is 56.8 Å². The first-order valence-electron chi connectivity index (χ1n) is 6.71. The quantitative estimate of drug-likeness (QED) is 0.842. The van der Waals surface area contributed by atoms with E-state index in [9.17, 15) is 0 Å². The third-order valence-electron chi connectivity index (χ3n) is 4.01. The fraction of sp³-hybridized carbons (Fsp3) is 0.714. The van der Waals surface area contributed by atoms with E-state index in [1.807, 2.05) is 11.3 Å². The van der Waals surface area contributed by atoms with Gasteiger partial charge in [0.25, 0.3) is 0 Å². The molecule has 0 spiro atoms. The Balaban J connectivity index is 1.79. The van der Waals surface area contributed by atoms with Gasteiger partial charge >= 0.3 is 0 Å². The minimum Gasteiger partial charge on any atom is -0.317 e. The summed E-state index contributed by atoms with van der Waals surface area (Å²) < 4.78 is 0. The molecule has 0 unspecified atom stereocenters. The summed E-state index contributed by atoms with van der Waals surface area (Å²) in [6.07, 6.45) is 3.94. The maximum Gasteiger partial charge on any atom is 0.0300 e. The SMILES string of the molecule is CCC1(CNCc2ccc(C)s2)CCNCC1. The lowest BCUT2D eigenvalue weighted by atomic mass is 9.76. The summed E-state index contributed by atoms with van der Waals surface area (Å²) in [6.45, 7) is 9.09. The molecule has 2 nitrogen and oxygen atoms in total. The first-order valence-corrected chi connectivity index (χ1v) is 7.52. The summed E-state index contributed by atoms with van der Waals surface area (Å²) in [5, 5.41) is 7.12. The standard InChI is InChI=1S/C14H24N2S/c1-3-14(6-8-15-9-7-14)11-16-10-13-5-4-12(2)17-13/h4-5,15-16H,3,6-11H2,1-2H3. The fourth-order valence-corrected chi connectivity index (χ4v) is 3.50. The van der Waals surface area contributed by atoms with Gasteiger partial charge in [-0.1, -0.05) is 6.92 Å². The van der Waals surface area contributed by atoms with Gasteiger partial charge < -0.3 is 10.6 Å². The average molecular weight is 252 g/mol. The van der Waals surface area contributed by atoms with Gasteiger partial charge in [0.1, 0.15) is 0 Å². The Bertz CT molecular complexity index is 340. The number of aryl methyl sites for hydroxylation is 1. The Hall–Kier alpha value is -0.380. The van der Waals surface area contributed by atoms with Crippen LogP contribution in [0.15, 0.2) is 12.1 Å². The Kier molecular flexibility index (Phi) is 4.60. The van der Waals surface area contributed by atoms with Crippen LogP contribution in [0.3, 0.4) is 0 Å². The lowest BCUT2D eigenvalue weighted by Gasteiger charge is -2.37. The largest absolute Gasteiger partial charge is 0.317 e. The van der Waals surface area contributed by atoms with E-state index in [1.165, 1.54) is 48.7 Å². The molecule has 1 saturated heterocycles. The van der Waals surface area contributed by atoms with Crippen molar-refractivity contribution in [3.8, 4) is 0 Å². The van der Waals surface area contributed by atoms with Gasteiger partial charge in [0.2, 0.25) is 0 Å². The fourth-order valence-electron chi connectivity index (χ4n) is 2.64. The van der Waals surface area contributed by atoms with E-state index in [0.717, 1.165) is 6.54 Å². The zero-order valence-electron chi connectivity index (χ0n) is 11.0. The number of piperidine rings is 1. The van der Waals surface area contributed by atoms with E-state index < -0.39 is 0 Å².